The SMILES string of the molecule is COc1cccc([C@@H]2CN(Cc3cccnc3N)C[C@H]2C(=O)O)c1. The number of aromatic nitrogens is 1. The third-order valence-electron chi connectivity index (χ3n) is 4.55. The molecule has 6 nitrogen and oxygen atoms in total. The van der Waals surface area contributed by atoms with E-state index in [1.807, 2.05) is 36.4 Å². The molecule has 3 N–H and O–H groups in total. The standard InChI is InChI=1S/C18H21N3O3/c1-24-14-6-2-4-12(8-14)15-10-21(11-16(15)18(22)23)9-13-5-3-7-20-17(13)19/h2-8,15-16H,9-11H2,1H3,(H2,19,20)(H,22,23)/t15-,16+/m0/s1. The van der Waals surface area contributed by atoms with Crippen LogP contribution in [-0.4, -0.2) is 41.2 Å². The fourth-order valence-electron chi connectivity index (χ4n) is 3.30. The van der Waals surface area contributed by atoms with Gasteiger partial charge in [0.15, 0.2) is 0 Å². The van der Waals surface area contributed by atoms with Crippen molar-refractivity contribution in [2.45, 2.75) is 12.5 Å². The minimum Gasteiger partial charge on any atom is -0.497 e. The van der Waals surface area contributed by atoms with Gasteiger partial charge in [0, 0.05) is 37.3 Å². The molecule has 6 heteroatoms. The van der Waals surface area contributed by atoms with E-state index in [4.69, 9.17) is 10.5 Å². The van der Waals surface area contributed by atoms with E-state index in [0.29, 0.717) is 25.5 Å². The number of carbonyl (C=O) groups is 1. The minimum atomic E-state index is -0.774. The molecule has 1 saturated heterocycles. The van der Waals surface area contributed by atoms with Gasteiger partial charge in [-0.3, -0.25) is 9.69 Å². The number of nitrogen functional groups attached to an aromatic ring is 1. The molecule has 3 rings (SSSR count). The van der Waals surface area contributed by atoms with Crippen LogP contribution in [0.25, 0.3) is 0 Å². The summed E-state index contributed by atoms with van der Waals surface area (Å²) in [4.78, 5) is 17.9. The molecule has 2 aromatic rings. The molecule has 0 amide bonds. The molecule has 0 unspecified atom stereocenters. The molecule has 0 radical (unpaired) electrons. The third-order valence-corrected chi connectivity index (χ3v) is 4.55. The third kappa shape index (κ3) is 3.33. The number of benzene rings is 1. The zero-order valence-corrected chi connectivity index (χ0v) is 13.6. The molecule has 1 aliphatic heterocycles. The Kier molecular flexibility index (Phi) is 4.66. The quantitative estimate of drug-likeness (QED) is 0.873. The highest BCUT2D eigenvalue weighted by molar-refractivity contribution is 5.72. The van der Waals surface area contributed by atoms with Crippen LogP contribution < -0.4 is 10.5 Å². The number of nitrogens with two attached hydrogens (primary N) is 1. The molecule has 126 valence electrons. The van der Waals surface area contributed by atoms with Gasteiger partial charge in [0.05, 0.1) is 13.0 Å². The van der Waals surface area contributed by atoms with Crippen molar-refractivity contribution in [3.8, 4) is 5.75 Å². The van der Waals surface area contributed by atoms with Crippen LogP contribution >= 0.6 is 0 Å². The number of aliphatic carboxylic acids is 1. The van der Waals surface area contributed by atoms with E-state index < -0.39 is 11.9 Å². The lowest BCUT2D eigenvalue weighted by Crippen LogP contribution is -2.23. The number of anilines is 1. The molecule has 1 aromatic carbocycles. The largest absolute Gasteiger partial charge is 0.497 e. The van der Waals surface area contributed by atoms with Crippen LogP contribution in [0.3, 0.4) is 0 Å². The Balaban J connectivity index is 1.81. The molecule has 0 bridgehead atoms. The number of carboxylic acid groups (broad SMARTS) is 1. The fourth-order valence-corrected chi connectivity index (χ4v) is 3.30. The summed E-state index contributed by atoms with van der Waals surface area (Å²) in [5.41, 5.74) is 7.82. The monoisotopic (exact) mass is 327 g/mol. The minimum absolute atomic E-state index is 0.0736. The van der Waals surface area contributed by atoms with Gasteiger partial charge in [-0.25, -0.2) is 4.98 Å². The number of carboxylic acids is 1. The van der Waals surface area contributed by atoms with Crippen molar-refractivity contribution < 1.29 is 14.6 Å². The summed E-state index contributed by atoms with van der Waals surface area (Å²) < 4.78 is 5.26. The summed E-state index contributed by atoms with van der Waals surface area (Å²) in [5.74, 6) is -0.0595. The topological polar surface area (TPSA) is 88.7 Å². The summed E-state index contributed by atoms with van der Waals surface area (Å²) >= 11 is 0. The molecule has 0 spiro atoms. The number of ether oxygens (including phenoxy) is 1. The second-order valence-corrected chi connectivity index (χ2v) is 6.07. The van der Waals surface area contributed by atoms with Gasteiger partial charge < -0.3 is 15.6 Å². The van der Waals surface area contributed by atoms with Gasteiger partial charge in [-0.15, -0.1) is 0 Å². The second kappa shape index (κ2) is 6.88. The molecule has 0 saturated carbocycles. The highest BCUT2D eigenvalue weighted by atomic mass is 16.5. The summed E-state index contributed by atoms with van der Waals surface area (Å²) in [6.45, 7) is 1.76. The van der Waals surface area contributed by atoms with Gasteiger partial charge in [0.1, 0.15) is 11.6 Å². The van der Waals surface area contributed by atoms with Crippen LogP contribution in [0.5, 0.6) is 5.75 Å². The first-order chi connectivity index (χ1) is 11.6. The van der Waals surface area contributed by atoms with Crippen LogP contribution in [0.1, 0.15) is 17.0 Å². The maximum atomic E-state index is 11.7. The van der Waals surface area contributed by atoms with Crippen LogP contribution in [0.2, 0.25) is 0 Å². The number of hydrogen-bond donors (Lipinski definition) is 2. The first-order valence-corrected chi connectivity index (χ1v) is 7.87. The Morgan fingerprint density at radius 3 is 2.92 bits per heavy atom. The summed E-state index contributed by atoms with van der Waals surface area (Å²) in [6.07, 6.45) is 1.65. The van der Waals surface area contributed by atoms with Crippen LogP contribution in [0.4, 0.5) is 5.82 Å². The lowest BCUT2D eigenvalue weighted by atomic mass is 9.89. The highest BCUT2D eigenvalue weighted by Crippen LogP contribution is 2.35. The Hall–Kier alpha value is -2.60. The number of pyridine rings is 1. The second-order valence-electron chi connectivity index (χ2n) is 6.07. The van der Waals surface area contributed by atoms with Crippen molar-refractivity contribution in [2.24, 2.45) is 5.92 Å². The summed E-state index contributed by atoms with van der Waals surface area (Å²) in [5, 5.41) is 9.61. The molecule has 2 atom stereocenters. The maximum Gasteiger partial charge on any atom is 0.308 e. The van der Waals surface area contributed by atoms with Gasteiger partial charge in [0.25, 0.3) is 0 Å². The van der Waals surface area contributed by atoms with Crippen molar-refractivity contribution in [1.29, 1.82) is 0 Å². The van der Waals surface area contributed by atoms with Crippen molar-refractivity contribution in [1.82, 2.24) is 9.88 Å². The predicted molar refractivity (Wildman–Crippen MR) is 90.8 cm³/mol. The molecule has 1 fully saturated rings. The zero-order chi connectivity index (χ0) is 17.1. The van der Waals surface area contributed by atoms with E-state index in [1.165, 1.54) is 0 Å². The maximum absolute atomic E-state index is 11.7. The van der Waals surface area contributed by atoms with Crippen molar-refractivity contribution >= 4 is 11.8 Å². The Bertz CT molecular complexity index is 735. The normalized spacial score (nSPS) is 20.9. The molecular formula is C18H21N3O3. The first kappa shape index (κ1) is 16.3. The molecular weight excluding hydrogens is 306 g/mol. The molecule has 2 heterocycles. The van der Waals surface area contributed by atoms with Gasteiger partial charge in [-0.1, -0.05) is 18.2 Å². The molecule has 1 aliphatic rings. The Labute approximate surface area is 140 Å². The first-order valence-electron chi connectivity index (χ1n) is 7.87. The van der Waals surface area contributed by atoms with Gasteiger partial charge in [-0.05, 0) is 23.8 Å². The fraction of sp³-hybridized carbons (Fsp3) is 0.333. The average Bonchev–Trinajstić information content (AvgIpc) is 3.01. The smallest absolute Gasteiger partial charge is 0.308 e. The average molecular weight is 327 g/mol. The number of methoxy groups -OCH3 is 1. The number of nitrogens with zero attached hydrogens (tertiary/aromatic N) is 2. The summed E-state index contributed by atoms with van der Waals surface area (Å²) in [6, 6.07) is 11.4. The Morgan fingerprint density at radius 2 is 2.21 bits per heavy atom. The van der Waals surface area contributed by atoms with Crippen LogP contribution in [0.15, 0.2) is 42.6 Å². The zero-order valence-electron chi connectivity index (χ0n) is 13.6. The molecule has 24 heavy (non-hydrogen) atoms. The van der Waals surface area contributed by atoms with E-state index >= 15 is 0 Å². The van der Waals surface area contributed by atoms with E-state index in [0.717, 1.165) is 16.9 Å². The van der Waals surface area contributed by atoms with Crippen molar-refractivity contribution in [3.63, 3.8) is 0 Å². The van der Waals surface area contributed by atoms with Gasteiger partial charge >= 0.3 is 5.97 Å². The van der Waals surface area contributed by atoms with E-state index in [-0.39, 0.29) is 5.92 Å². The lowest BCUT2D eigenvalue weighted by molar-refractivity contribution is -0.141. The van der Waals surface area contributed by atoms with Crippen molar-refractivity contribution in [2.75, 3.05) is 25.9 Å². The van der Waals surface area contributed by atoms with Gasteiger partial charge in [0.2, 0.25) is 0 Å². The van der Waals surface area contributed by atoms with E-state index in [1.54, 1.807) is 13.3 Å². The highest BCUT2D eigenvalue weighted by Gasteiger charge is 2.38. The van der Waals surface area contributed by atoms with E-state index in [9.17, 15) is 9.90 Å². The molecule has 0 aliphatic carbocycles. The number of rotatable bonds is 5. The van der Waals surface area contributed by atoms with E-state index in [2.05, 4.69) is 9.88 Å². The van der Waals surface area contributed by atoms with Crippen LogP contribution in [-0.2, 0) is 11.3 Å². The van der Waals surface area contributed by atoms with Crippen molar-refractivity contribution in [3.05, 3.63) is 53.7 Å². The number of likely N-dealkylation sites (tertiary alicyclic amines) is 1. The Morgan fingerprint density at radius 1 is 1.38 bits per heavy atom. The predicted octanol–water partition coefficient (Wildman–Crippen LogP) is 1.97. The number of hydrogen-bond acceptors (Lipinski definition) is 5. The van der Waals surface area contributed by atoms with Gasteiger partial charge in [-0.2, -0.15) is 0 Å². The summed E-state index contributed by atoms with van der Waals surface area (Å²) in [7, 11) is 1.61. The molecule has 1 aromatic heterocycles. The lowest BCUT2D eigenvalue weighted by Gasteiger charge is -2.17. The van der Waals surface area contributed by atoms with Crippen LogP contribution in [0, 0.1) is 5.92 Å².